The number of fused-ring (bicyclic) bond motifs is 1. The highest BCUT2D eigenvalue weighted by Crippen LogP contribution is 2.43. The van der Waals surface area contributed by atoms with Crippen molar-refractivity contribution in [2.24, 2.45) is 5.41 Å². The second kappa shape index (κ2) is 6.00. The molecule has 2 aromatic rings. The van der Waals surface area contributed by atoms with Gasteiger partial charge in [0.1, 0.15) is 5.82 Å². The molecule has 0 aliphatic heterocycles. The summed E-state index contributed by atoms with van der Waals surface area (Å²) in [4.78, 5) is 4.85. The van der Waals surface area contributed by atoms with Gasteiger partial charge < -0.3 is 4.57 Å². The third kappa shape index (κ3) is 2.83. The summed E-state index contributed by atoms with van der Waals surface area (Å²) >= 11 is 6.00. The Balaban J connectivity index is 2.04. The Bertz CT molecular complexity index is 623. The first-order valence-electron chi connectivity index (χ1n) is 8.19. The number of alkyl halides is 1. The van der Waals surface area contributed by atoms with Crippen molar-refractivity contribution >= 4 is 22.6 Å². The number of halogens is 1. The third-order valence-corrected chi connectivity index (χ3v) is 5.40. The van der Waals surface area contributed by atoms with E-state index in [1.54, 1.807) is 0 Å². The fourth-order valence-corrected chi connectivity index (χ4v) is 3.99. The van der Waals surface area contributed by atoms with Gasteiger partial charge >= 0.3 is 0 Å². The molecule has 2 nitrogen and oxygen atoms in total. The Hall–Kier alpha value is -1.02. The van der Waals surface area contributed by atoms with Crippen LogP contribution >= 0.6 is 11.6 Å². The molecule has 0 amide bonds. The van der Waals surface area contributed by atoms with E-state index >= 15 is 0 Å². The molecule has 1 aliphatic rings. The summed E-state index contributed by atoms with van der Waals surface area (Å²) in [5.74, 6) is 1.80. The van der Waals surface area contributed by atoms with Crippen molar-refractivity contribution in [3.63, 3.8) is 0 Å². The third-order valence-electron chi connectivity index (χ3n) is 5.21. The first-order chi connectivity index (χ1) is 10.2. The molecule has 0 radical (unpaired) electrons. The molecule has 21 heavy (non-hydrogen) atoms. The Kier molecular flexibility index (Phi) is 4.26. The molecule has 0 N–H and O–H groups in total. The largest absolute Gasteiger partial charge is 0.327 e. The van der Waals surface area contributed by atoms with Gasteiger partial charge in [-0.3, -0.25) is 0 Å². The molecular weight excluding hydrogens is 280 g/mol. The molecule has 114 valence electrons. The van der Waals surface area contributed by atoms with Gasteiger partial charge in [0.25, 0.3) is 0 Å². The fraction of sp³-hybridized carbons (Fsp3) is 0.611. The zero-order valence-electron chi connectivity index (χ0n) is 13.2. The Morgan fingerprint density at radius 3 is 2.71 bits per heavy atom. The van der Waals surface area contributed by atoms with E-state index in [1.165, 1.54) is 43.2 Å². The van der Waals surface area contributed by atoms with Crippen LogP contribution in [0.2, 0.25) is 0 Å². The highest BCUT2D eigenvalue weighted by atomic mass is 35.5. The van der Waals surface area contributed by atoms with Crippen LogP contribution in [-0.2, 0) is 13.0 Å². The lowest BCUT2D eigenvalue weighted by Crippen LogP contribution is -2.24. The number of hydrogen-bond acceptors (Lipinski definition) is 1. The average Bonchev–Trinajstić information content (AvgIpc) is 3.06. The number of nitrogens with zero attached hydrogens (tertiary/aromatic N) is 2. The Morgan fingerprint density at radius 2 is 2.05 bits per heavy atom. The van der Waals surface area contributed by atoms with Gasteiger partial charge in [0, 0.05) is 18.8 Å². The van der Waals surface area contributed by atoms with Gasteiger partial charge in [-0.2, -0.15) is 0 Å². The second-order valence-corrected chi connectivity index (χ2v) is 6.98. The van der Waals surface area contributed by atoms with Crippen LogP contribution in [0.4, 0.5) is 0 Å². The highest BCUT2D eigenvalue weighted by Gasteiger charge is 2.33. The van der Waals surface area contributed by atoms with E-state index in [-0.39, 0.29) is 0 Å². The van der Waals surface area contributed by atoms with Crippen LogP contribution in [-0.4, -0.2) is 15.4 Å². The summed E-state index contributed by atoms with van der Waals surface area (Å²) in [5, 5.41) is 0. The molecular formula is C18H25ClN2. The van der Waals surface area contributed by atoms with Crippen LogP contribution in [0.5, 0.6) is 0 Å². The molecule has 3 rings (SSSR count). The number of aromatic nitrogens is 2. The molecule has 1 heterocycles. The maximum absolute atomic E-state index is 6.00. The molecule has 0 unspecified atom stereocenters. The maximum Gasteiger partial charge on any atom is 0.111 e. The smallest absolute Gasteiger partial charge is 0.111 e. The Labute approximate surface area is 132 Å². The molecule has 3 heteroatoms. The van der Waals surface area contributed by atoms with Crippen LogP contribution in [0.15, 0.2) is 18.2 Å². The average molecular weight is 305 g/mol. The number of rotatable bonds is 5. The van der Waals surface area contributed by atoms with Gasteiger partial charge in [-0.1, -0.05) is 25.8 Å². The van der Waals surface area contributed by atoms with Crippen molar-refractivity contribution < 1.29 is 0 Å². The topological polar surface area (TPSA) is 17.8 Å². The first-order valence-corrected chi connectivity index (χ1v) is 8.73. The van der Waals surface area contributed by atoms with Crippen molar-refractivity contribution in [3.8, 4) is 0 Å². The summed E-state index contributed by atoms with van der Waals surface area (Å²) < 4.78 is 2.45. The Morgan fingerprint density at radius 1 is 1.29 bits per heavy atom. The molecule has 1 aromatic heterocycles. The summed E-state index contributed by atoms with van der Waals surface area (Å²) in [6.45, 7) is 5.58. The monoisotopic (exact) mass is 304 g/mol. The molecule has 0 spiro atoms. The van der Waals surface area contributed by atoms with E-state index < -0.39 is 0 Å². The van der Waals surface area contributed by atoms with Crippen LogP contribution < -0.4 is 0 Å². The second-order valence-electron chi connectivity index (χ2n) is 6.61. The quantitative estimate of drug-likeness (QED) is 0.703. The van der Waals surface area contributed by atoms with Crippen molar-refractivity contribution in [3.05, 3.63) is 29.6 Å². The van der Waals surface area contributed by atoms with E-state index in [1.807, 2.05) is 0 Å². The predicted octanol–water partition coefficient (Wildman–Crippen LogP) is 5.10. The lowest BCUT2D eigenvalue weighted by molar-refractivity contribution is 0.238. The van der Waals surface area contributed by atoms with E-state index in [0.29, 0.717) is 11.3 Å². The minimum atomic E-state index is 0.472. The SMILES string of the molecule is CCC1(Cn2c(CCCl)nc3cc(C)ccc32)CCCC1. The van der Waals surface area contributed by atoms with Gasteiger partial charge in [-0.25, -0.2) is 4.98 Å². The standard InChI is InChI=1S/C18H25ClN2/c1-3-18(9-4-5-10-18)13-21-16-7-6-14(2)12-15(16)20-17(21)8-11-19/h6-7,12H,3-5,8-11,13H2,1-2H3. The van der Waals surface area contributed by atoms with Gasteiger partial charge in [0.05, 0.1) is 11.0 Å². The van der Waals surface area contributed by atoms with Crippen LogP contribution in [0, 0.1) is 12.3 Å². The van der Waals surface area contributed by atoms with Crippen molar-refractivity contribution in [1.82, 2.24) is 9.55 Å². The molecule has 1 aromatic carbocycles. The molecule has 1 aliphatic carbocycles. The van der Waals surface area contributed by atoms with E-state index in [2.05, 4.69) is 36.6 Å². The molecule has 0 bridgehead atoms. The van der Waals surface area contributed by atoms with Gasteiger partial charge in [0.2, 0.25) is 0 Å². The number of aryl methyl sites for hydroxylation is 2. The first kappa shape index (κ1) is 14.9. The van der Waals surface area contributed by atoms with Crippen molar-refractivity contribution in [2.45, 2.75) is 58.9 Å². The summed E-state index contributed by atoms with van der Waals surface area (Å²) in [5.41, 5.74) is 4.15. The summed E-state index contributed by atoms with van der Waals surface area (Å²) in [6.07, 6.45) is 7.59. The minimum absolute atomic E-state index is 0.472. The molecule has 0 saturated heterocycles. The van der Waals surface area contributed by atoms with E-state index in [4.69, 9.17) is 16.6 Å². The number of benzene rings is 1. The van der Waals surface area contributed by atoms with Crippen LogP contribution in [0.3, 0.4) is 0 Å². The minimum Gasteiger partial charge on any atom is -0.327 e. The van der Waals surface area contributed by atoms with Crippen molar-refractivity contribution in [2.75, 3.05) is 5.88 Å². The fourth-order valence-electron chi connectivity index (χ4n) is 3.83. The summed E-state index contributed by atoms with van der Waals surface area (Å²) in [7, 11) is 0. The van der Waals surface area contributed by atoms with Crippen LogP contribution in [0.25, 0.3) is 11.0 Å². The summed E-state index contributed by atoms with van der Waals surface area (Å²) in [6, 6.07) is 6.61. The van der Waals surface area contributed by atoms with E-state index in [0.717, 1.165) is 24.3 Å². The van der Waals surface area contributed by atoms with Gasteiger partial charge in [0.15, 0.2) is 0 Å². The zero-order valence-corrected chi connectivity index (χ0v) is 13.9. The maximum atomic E-state index is 6.00. The normalized spacial score (nSPS) is 17.7. The predicted molar refractivity (Wildman–Crippen MR) is 90.1 cm³/mol. The lowest BCUT2D eigenvalue weighted by Gasteiger charge is -2.29. The number of imidazole rings is 1. The highest BCUT2D eigenvalue weighted by molar-refractivity contribution is 6.17. The zero-order chi connectivity index (χ0) is 14.9. The molecule has 1 fully saturated rings. The number of hydrogen-bond donors (Lipinski definition) is 0. The molecule has 0 atom stereocenters. The van der Waals surface area contributed by atoms with Gasteiger partial charge in [-0.05, 0) is 49.3 Å². The molecule has 1 saturated carbocycles. The van der Waals surface area contributed by atoms with Crippen molar-refractivity contribution in [1.29, 1.82) is 0 Å². The van der Waals surface area contributed by atoms with Gasteiger partial charge in [-0.15, -0.1) is 11.6 Å². The van der Waals surface area contributed by atoms with Crippen LogP contribution in [0.1, 0.15) is 50.4 Å². The van der Waals surface area contributed by atoms with E-state index in [9.17, 15) is 0 Å². The lowest BCUT2D eigenvalue weighted by atomic mass is 9.83.